The van der Waals surface area contributed by atoms with E-state index in [1.807, 2.05) is 11.8 Å². The quantitative estimate of drug-likeness (QED) is 0.295. The molecule has 2 atom stereocenters. The second-order valence-electron chi connectivity index (χ2n) is 10.3. The number of aryl methyl sites for hydroxylation is 1. The highest BCUT2D eigenvalue weighted by molar-refractivity contribution is 7.17. The van der Waals surface area contributed by atoms with Crippen molar-refractivity contribution >= 4 is 57.4 Å². The third-order valence-corrected chi connectivity index (χ3v) is 9.63. The number of carbonyl (C=O) groups excluding carboxylic acids is 1. The number of halogens is 2. The van der Waals surface area contributed by atoms with Gasteiger partial charge in [-0.2, -0.15) is 0 Å². The van der Waals surface area contributed by atoms with Gasteiger partial charge < -0.3 is 30.3 Å². The van der Waals surface area contributed by atoms with Gasteiger partial charge in [-0.1, -0.05) is 41.5 Å². The lowest BCUT2D eigenvalue weighted by Crippen LogP contribution is -2.50. The monoisotopic (exact) mass is 622 g/mol. The van der Waals surface area contributed by atoms with E-state index in [1.54, 1.807) is 19.3 Å². The maximum Gasteiger partial charge on any atom is 0.348 e. The van der Waals surface area contributed by atoms with Crippen molar-refractivity contribution in [2.45, 2.75) is 26.3 Å². The van der Waals surface area contributed by atoms with E-state index in [1.165, 1.54) is 0 Å². The van der Waals surface area contributed by atoms with Crippen LogP contribution in [0.4, 0.5) is 10.9 Å². The number of hydrogen-bond donors (Lipinski definition) is 4. The Balaban J connectivity index is 1.25. The van der Waals surface area contributed by atoms with E-state index in [4.69, 9.17) is 28.3 Å². The molecule has 220 valence electrons. The number of β-amino-alcohol motifs (C(OH)–C–C–N with tert-alkyl or cyclic N) is 1. The second kappa shape index (κ2) is 12.5. The van der Waals surface area contributed by atoms with Gasteiger partial charge in [0.25, 0.3) is 5.91 Å². The molecule has 2 aliphatic rings. The molecule has 4 N–H and O–H groups in total. The van der Waals surface area contributed by atoms with Gasteiger partial charge in [0, 0.05) is 57.5 Å². The van der Waals surface area contributed by atoms with Crippen LogP contribution in [0.1, 0.15) is 39.2 Å². The van der Waals surface area contributed by atoms with Crippen LogP contribution in [0.3, 0.4) is 0 Å². The number of nitrogens with one attached hydrogen (secondary N) is 2. The number of piperazine rings is 1. The van der Waals surface area contributed by atoms with Gasteiger partial charge in [0.1, 0.15) is 27.8 Å². The van der Waals surface area contributed by atoms with E-state index >= 15 is 0 Å². The average Bonchev–Trinajstić information content (AvgIpc) is 3.53. The van der Waals surface area contributed by atoms with Gasteiger partial charge >= 0.3 is 5.97 Å². The first-order chi connectivity index (χ1) is 19.7. The highest BCUT2D eigenvalue weighted by Gasteiger charge is 2.32. The molecule has 0 spiro atoms. The van der Waals surface area contributed by atoms with Crippen LogP contribution in [0.5, 0.6) is 0 Å². The molecule has 2 fully saturated rings. The van der Waals surface area contributed by atoms with Crippen molar-refractivity contribution in [2.24, 2.45) is 5.92 Å². The highest BCUT2D eigenvalue weighted by Crippen LogP contribution is 2.35. The summed E-state index contributed by atoms with van der Waals surface area (Å²) < 4.78 is 0. The molecular formula is C26H32Cl2N8O4S. The number of aliphatic hydroxyl groups excluding tert-OH is 1. The van der Waals surface area contributed by atoms with E-state index in [2.05, 4.69) is 35.1 Å². The number of aromatic amines is 1. The van der Waals surface area contributed by atoms with E-state index in [0.717, 1.165) is 43.3 Å². The second-order valence-corrected chi connectivity index (χ2v) is 12.1. The Morgan fingerprint density at radius 1 is 1.12 bits per heavy atom. The average molecular weight is 624 g/mol. The van der Waals surface area contributed by atoms with Crippen molar-refractivity contribution in [3.63, 3.8) is 0 Å². The molecule has 1 amide bonds. The number of anilines is 2. The molecule has 0 aromatic carbocycles. The minimum atomic E-state index is -1.07. The molecule has 3 aromatic heterocycles. The van der Waals surface area contributed by atoms with Crippen molar-refractivity contribution in [1.29, 1.82) is 0 Å². The van der Waals surface area contributed by atoms with Crippen molar-refractivity contribution in [3.05, 3.63) is 38.7 Å². The Kier molecular flexibility index (Phi) is 9.00. The summed E-state index contributed by atoms with van der Waals surface area (Å²) >= 11 is 13.5. The molecule has 0 bridgehead atoms. The van der Waals surface area contributed by atoms with Crippen LogP contribution in [-0.4, -0.2) is 105 Å². The Morgan fingerprint density at radius 3 is 2.46 bits per heavy atom. The number of carbonyl (C=O) groups is 2. The third-order valence-electron chi connectivity index (χ3n) is 7.58. The van der Waals surface area contributed by atoms with Crippen LogP contribution in [0.2, 0.25) is 10.0 Å². The van der Waals surface area contributed by atoms with Crippen molar-refractivity contribution in [1.82, 2.24) is 30.2 Å². The van der Waals surface area contributed by atoms with Gasteiger partial charge in [0.15, 0.2) is 5.13 Å². The van der Waals surface area contributed by atoms with Crippen LogP contribution < -0.4 is 15.1 Å². The first-order valence-electron chi connectivity index (χ1n) is 13.4. The smallest absolute Gasteiger partial charge is 0.348 e. The fraction of sp³-hybridized carbons (Fsp3) is 0.500. The van der Waals surface area contributed by atoms with Crippen molar-refractivity contribution in [2.75, 3.05) is 62.2 Å². The number of carboxylic acids is 1. The summed E-state index contributed by atoms with van der Waals surface area (Å²) in [7, 11) is 0. The molecule has 15 heteroatoms. The Hall–Kier alpha value is -2.97. The number of aliphatic hydroxyl groups is 1. The van der Waals surface area contributed by atoms with Crippen LogP contribution >= 0.6 is 34.5 Å². The SMILES string of the molecule is Cc1[nH]c(C(=O)N[C@@H]2CCN(c3nc(-c4cnc(N5CCN(CCO)CC5)cn4)c(C(=O)O)s3)C[C@@H]2C)c(Cl)c1Cl. The van der Waals surface area contributed by atoms with Gasteiger partial charge in [-0.3, -0.25) is 9.69 Å². The molecule has 41 heavy (non-hydrogen) atoms. The fourth-order valence-electron chi connectivity index (χ4n) is 5.21. The summed E-state index contributed by atoms with van der Waals surface area (Å²) in [5, 5.41) is 23.3. The zero-order valence-corrected chi connectivity index (χ0v) is 25.1. The van der Waals surface area contributed by atoms with E-state index in [-0.39, 0.29) is 40.1 Å². The lowest BCUT2D eigenvalue weighted by Gasteiger charge is -2.37. The molecule has 5 rings (SSSR count). The van der Waals surface area contributed by atoms with E-state index in [9.17, 15) is 14.7 Å². The number of thiazole rings is 1. The van der Waals surface area contributed by atoms with Crippen LogP contribution in [0.15, 0.2) is 12.4 Å². The summed E-state index contributed by atoms with van der Waals surface area (Å²) in [6.45, 7) is 8.96. The Labute approximate surface area is 251 Å². The summed E-state index contributed by atoms with van der Waals surface area (Å²) in [4.78, 5) is 48.1. The number of aromatic nitrogens is 4. The van der Waals surface area contributed by atoms with Crippen molar-refractivity contribution < 1.29 is 19.8 Å². The Bertz CT molecular complexity index is 1410. The number of hydrogen-bond acceptors (Lipinski definition) is 10. The zero-order valence-electron chi connectivity index (χ0n) is 22.7. The molecule has 5 heterocycles. The summed E-state index contributed by atoms with van der Waals surface area (Å²) in [5.41, 5.74) is 1.58. The molecule has 2 saturated heterocycles. The van der Waals surface area contributed by atoms with Gasteiger partial charge in [-0.15, -0.1) is 0 Å². The molecule has 3 aromatic rings. The predicted octanol–water partition coefficient (Wildman–Crippen LogP) is 3.00. The summed E-state index contributed by atoms with van der Waals surface area (Å²) in [5.74, 6) is -0.591. The topological polar surface area (TPSA) is 151 Å². The molecule has 0 radical (unpaired) electrons. The molecular weight excluding hydrogens is 591 g/mol. The zero-order chi connectivity index (χ0) is 29.3. The molecule has 0 unspecified atom stereocenters. The normalized spacial score (nSPS) is 19.9. The number of amides is 1. The van der Waals surface area contributed by atoms with E-state index in [0.29, 0.717) is 53.3 Å². The minimum Gasteiger partial charge on any atom is -0.477 e. The lowest BCUT2D eigenvalue weighted by atomic mass is 9.94. The number of aromatic carboxylic acids is 1. The summed E-state index contributed by atoms with van der Waals surface area (Å²) in [6, 6.07) is -0.0977. The van der Waals surface area contributed by atoms with Gasteiger partial charge in [0.2, 0.25) is 0 Å². The molecule has 2 aliphatic heterocycles. The third kappa shape index (κ3) is 6.28. The Morgan fingerprint density at radius 2 is 1.88 bits per heavy atom. The van der Waals surface area contributed by atoms with Gasteiger partial charge in [0.05, 0.1) is 29.0 Å². The first-order valence-corrected chi connectivity index (χ1v) is 15.0. The maximum atomic E-state index is 12.8. The molecule has 12 nitrogen and oxygen atoms in total. The minimum absolute atomic E-state index is 0.0653. The van der Waals surface area contributed by atoms with Crippen LogP contribution in [0, 0.1) is 12.8 Å². The van der Waals surface area contributed by atoms with E-state index < -0.39 is 5.97 Å². The fourth-order valence-corrected chi connectivity index (χ4v) is 6.58. The number of nitrogens with zero attached hydrogens (tertiary/aromatic N) is 6. The largest absolute Gasteiger partial charge is 0.477 e. The van der Waals surface area contributed by atoms with Gasteiger partial charge in [-0.05, 0) is 19.3 Å². The van der Waals surface area contributed by atoms with Crippen molar-refractivity contribution in [3.8, 4) is 11.4 Å². The van der Waals surface area contributed by atoms with Gasteiger partial charge in [-0.25, -0.2) is 19.7 Å². The molecule has 0 saturated carbocycles. The predicted molar refractivity (Wildman–Crippen MR) is 159 cm³/mol. The first kappa shape index (κ1) is 29.5. The van der Waals surface area contributed by atoms with Crippen LogP contribution in [0.25, 0.3) is 11.4 Å². The lowest BCUT2D eigenvalue weighted by molar-refractivity contribution is 0.0702. The number of piperidine rings is 1. The molecule has 0 aliphatic carbocycles. The standard InChI is InChI=1S/C26H32Cl2N8O4S/c1-14-13-36(4-3-16(14)32-24(38)22-20(28)19(27)15(2)31-22)26-33-21(23(41-26)25(39)40)17-11-30-18(12-29-17)35-7-5-34(6-8-35)9-10-37/h11-12,14,16,31,37H,3-10,13H2,1-2H3,(H,32,38)(H,39,40)/t14-,16+/m0/s1. The number of rotatable bonds is 8. The number of H-pyrrole nitrogens is 1. The maximum absolute atomic E-state index is 12.8. The summed E-state index contributed by atoms with van der Waals surface area (Å²) in [6.07, 6.45) is 3.88. The highest BCUT2D eigenvalue weighted by atomic mass is 35.5. The van der Waals surface area contributed by atoms with Crippen LogP contribution in [-0.2, 0) is 0 Å². The number of carboxylic acid groups (broad SMARTS) is 1.